The zero-order valence-electron chi connectivity index (χ0n) is 10.8. The molecule has 0 radical (unpaired) electrons. The summed E-state index contributed by atoms with van der Waals surface area (Å²) in [6.45, 7) is 0. The average Bonchev–Trinajstić information content (AvgIpc) is 3.18. The monoisotopic (exact) mass is 315 g/mol. The van der Waals surface area contributed by atoms with Crippen molar-refractivity contribution in [3.63, 3.8) is 0 Å². The highest BCUT2D eigenvalue weighted by atomic mass is 35.5. The van der Waals surface area contributed by atoms with Gasteiger partial charge in [-0.25, -0.2) is 0 Å². The highest BCUT2D eigenvalue weighted by Crippen LogP contribution is 2.35. The van der Waals surface area contributed by atoms with Crippen molar-refractivity contribution < 1.29 is 0 Å². The summed E-state index contributed by atoms with van der Waals surface area (Å²) in [5.41, 5.74) is 1.97. The highest BCUT2D eigenvalue weighted by Gasteiger charge is 2.25. The van der Waals surface area contributed by atoms with E-state index >= 15 is 0 Å². The van der Waals surface area contributed by atoms with Crippen LogP contribution in [-0.4, -0.2) is 20.2 Å². The second-order valence-electron chi connectivity index (χ2n) is 4.60. The summed E-state index contributed by atoms with van der Waals surface area (Å²) in [6.07, 6.45) is 2.09. The third-order valence-electron chi connectivity index (χ3n) is 3.34. The Balaban J connectivity index is 1.87. The van der Waals surface area contributed by atoms with Crippen molar-refractivity contribution in [2.24, 2.45) is 0 Å². The highest BCUT2D eigenvalue weighted by molar-refractivity contribution is 7.11. The van der Waals surface area contributed by atoms with E-state index in [2.05, 4.69) is 33.0 Å². The first-order chi connectivity index (χ1) is 10.3. The van der Waals surface area contributed by atoms with Crippen LogP contribution in [0.25, 0.3) is 5.70 Å². The van der Waals surface area contributed by atoms with Gasteiger partial charge in [0.25, 0.3) is 0 Å². The molecule has 0 saturated heterocycles. The standard InChI is InChI=1S/C14H10ClN5S/c15-10-5-2-1-4-9(10)12-8-11(13-6-3-7-21-13)16-14-17-18-19-20(12)14/h1-8,12H,(H,16,17,19)/t12-/m1/s1. The van der Waals surface area contributed by atoms with E-state index in [1.54, 1.807) is 16.0 Å². The zero-order valence-corrected chi connectivity index (χ0v) is 12.3. The van der Waals surface area contributed by atoms with Crippen molar-refractivity contribution in [1.29, 1.82) is 0 Å². The summed E-state index contributed by atoms with van der Waals surface area (Å²) in [6, 6.07) is 11.7. The fraction of sp³-hybridized carbons (Fsp3) is 0.0714. The molecule has 5 nitrogen and oxygen atoms in total. The molecule has 3 aromatic rings. The minimum Gasteiger partial charge on any atom is -0.322 e. The van der Waals surface area contributed by atoms with Crippen LogP contribution >= 0.6 is 22.9 Å². The largest absolute Gasteiger partial charge is 0.322 e. The van der Waals surface area contributed by atoms with Gasteiger partial charge in [-0.1, -0.05) is 41.0 Å². The molecule has 0 aliphatic carbocycles. The Morgan fingerprint density at radius 1 is 1.19 bits per heavy atom. The van der Waals surface area contributed by atoms with E-state index in [1.165, 1.54) is 0 Å². The van der Waals surface area contributed by atoms with Gasteiger partial charge in [-0.05, 0) is 39.6 Å². The van der Waals surface area contributed by atoms with Crippen molar-refractivity contribution in [3.8, 4) is 0 Å². The van der Waals surface area contributed by atoms with Crippen molar-refractivity contribution in [1.82, 2.24) is 20.2 Å². The number of rotatable bonds is 2. The van der Waals surface area contributed by atoms with Gasteiger partial charge in [0.05, 0.1) is 10.6 Å². The molecule has 3 heterocycles. The summed E-state index contributed by atoms with van der Waals surface area (Å²) >= 11 is 8.00. The van der Waals surface area contributed by atoms with Crippen molar-refractivity contribution in [2.45, 2.75) is 6.04 Å². The summed E-state index contributed by atoms with van der Waals surface area (Å²) < 4.78 is 1.73. The molecule has 0 saturated carbocycles. The molecule has 1 atom stereocenters. The Labute approximate surface area is 129 Å². The fourth-order valence-corrected chi connectivity index (χ4v) is 3.32. The first kappa shape index (κ1) is 12.6. The van der Waals surface area contributed by atoms with E-state index in [-0.39, 0.29) is 6.04 Å². The number of fused-ring (bicyclic) bond motifs is 1. The average molecular weight is 316 g/mol. The summed E-state index contributed by atoms with van der Waals surface area (Å²) in [5, 5.41) is 17.8. The number of nitrogens with one attached hydrogen (secondary N) is 1. The van der Waals surface area contributed by atoms with Crippen molar-refractivity contribution >= 4 is 34.6 Å². The van der Waals surface area contributed by atoms with Gasteiger partial charge >= 0.3 is 0 Å². The Kier molecular flexibility index (Phi) is 2.98. The molecule has 0 bridgehead atoms. The van der Waals surface area contributed by atoms with E-state index in [0.717, 1.165) is 16.1 Å². The number of tetrazole rings is 1. The molecule has 1 aliphatic heterocycles. The van der Waals surface area contributed by atoms with E-state index in [4.69, 9.17) is 11.6 Å². The zero-order chi connectivity index (χ0) is 14.2. The van der Waals surface area contributed by atoms with Crippen LogP contribution < -0.4 is 5.32 Å². The quantitative estimate of drug-likeness (QED) is 0.787. The Hall–Kier alpha value is -2.18. The number of thiophene rings is 1. The topological polar surface area (TPSA) is 55.6 Å². The molecule has 7 heteroatoms. The lowest BCUT2D eigenvalue weighted by atomic mass is 10.0. The SMILES string of the molecule is Clc1ccccc1[C@H]1C=C(c2cccs2)Nc2nnnn21. The van der Waals surface area contributed by atoms with Crippen LogP contribution in [0.5, 0.6) is 0 Å². The molecule has 1 N–H and O–H groups in total. The molecule has 4 rings (SSSR count). The maximum atomic E-state index is 6.33. The Morgan fingerprint density at radius 2 is 2.10 bits per heavy atom. The number of hydrogen-bond acceptors (Lipinski definition) is 5. The van der Waals surface area contributed by atoms with Crippen LogP contribution in [0.4, 0.5) is 5.95 Å². The smallest absolute Gasteiger partial charge is 0.248 e. The minimum atomic E-state index is -0.123. The van der Waals surface area contributed by atoms with Crippen LogP contribution in [0.2, 0.25) is 5.02 Å². The first-order valence-electron chi connectivity index (χ1n) is 6.38. The molecule has 0 amide bonds. The molecular weight excluding hydrogens is 306 g/mol. The lowest BCUT2D eigenvalue weighted by Crippen LogP contribution is -2.20. The second kappa shape index (κ2) is 4.98. The summed E-state index contributed by atoms with van der Waals surface area (Å²) in [5.74, 6) is 0.616. The molecule has 0 spiro atoms. The van der Waals surface area contributed by atoms with Gasteiger partial charge < -0.3 is 5.32 Å². The predicted octanol–water partition coefficient (Wildman–Crippen LogP) is 3.44. The normalized spacial score (nSPS) is 17.0. The number of hydrogen-bond donors (Lipinski definition) is 1. The molecule has 2 aromatic heterocycles. The van der Waals surface area contributed by atoms with E-state index < -0.39 is 0 Å². The molecule has 104 valence electrons. The van der Waals surface area contributed by atoms with Crippen LogP contribution in [0.1, 0.15) is 16.5 Å². The lowest BCUT2D eigenvalue weighted by molar-refractivity contribution is 0.586. The summed E-state index contributed by atoms with van der Waals surface area (Å²) in [7, 11) is 0. The van der Waals surface area contributed by atoms with Crippen molar-refractivity contribution in [2.75, 3.05) is 5.32 Å². The first-order valence-corrected chi connectivity index (χ1v) is 7.64. The van der Waals surface area contributed by atoms with Crippen LogP contribution in [0.15, 0.2) is 47.9 Å². The molecular formula is C14H10ClN5S. The van der Waals surface area contributed by atoms with Gasteiger partial charge in [-0.3, -0.25) is 0 Å². The van der Waals surface area contributed by atoms with E-state index in [1.807, 2.05) is 35.7 Å². The third-order valence-corrected chi connectivity index (χ3v) is 4.59. The number of nitrogens with zero attached hydrogens (tertiary/aromatic N) is 4. The van der Waals surface area contributed by atoms with Gasteiger partial charge in [0.15, 0.2) is 0 Å². The predicted molar refractivity (Wildman–Crippen MR) is 83.3 cm³/mol. The van der Waals surface area contributed by atoms with Crippen LogP contribution in [-0.2, 0) is 0 Å². The maximum Gasteiger partial charge on any atom is 0.248 e. The van der Waals surface area contributed by atoms with Gasteiger partial charge in [0, 0.05) is 5.02 Å². The van der Waals surface area contributed by atoms with Crippen LogP contribution in [0.3, 0.4) is 0 Å². The molecule has 0 unspecified atom stereocenters. The Bertz CT molecular complexity index is 808. The van der Waals surface area contributed by atoms with E-state index in [9.17, 15) is 0 Å². The van der Waals surface area contributed by atoms with E-state index in [0.29, 0.717) is 11.0 Å². The number of benzene rings is 1. The molecule has 0 fully saturated rings. The third kappa shape index (κ3) is 2.12. The van der Waals surface area contributed by atoms with Gasteiger partial charge in [0.2, 0.25) is 5.95 Å². The van der Waals surface area contributed by atoms with Crippen LogP contribution in [0, 0.1) is 0 Å². The number of halogens is 1. The van der Waals surface area contributed by atoms with Gasteiger partial charge in [0.1, 0.15) is 6.04 Å². The molecule has 1 aromatic carbocycles. The number of allylic oxidation sites excluding steroid dienone is 1. The van der Waals surface area contributed by atoms with Gasteiger partial charge in [-0.15, -0.1) is 11.3 Å². The molecule has 21 heavy (non-hydrogen) atoms. The maximum absolute atomic E-state index is 6.33. The van der Waals surface area contributed by atoms with Gasteiger partial charge in [-0.2, -0.15) is 4.68 Å². The number of aromatic nitrogens is 4. The number of anilines is 1. The lowest BCUT2D eigenvalue weighted by Gasteiger charge is -2.23. The fourth-order valence-electron chi connectivity index (χ4n) is 2.37. The van der Waals surface area contributed by atoms with Crippen molar-refractivity contribution in [3.05, 3.63) is 63.3 Å². The minimum absolute atomic E-state index is 0.123. The Morgan fingerprint density at radius 3 is 2.90 bits per heavy atom. The summed E-state index contributed by atoms with van der Waals surface area (Å²) in [4.78, 5) is 1.14. The second-order valence-corrected chi connectivity index (χ2v) is 5.95. The molecule has 1 aliphatic rings.